The highest BCUT2D eigenvalue weighted by Gasteiger charge is 2.29. The number of hydrogen-bond acceptors (Lipinski definition) is 4. The van der Waals surface area contributed by atoms with Gasteiger partial charge in [0.2, 0.25) is 0 Å². The molecule has 19 heavy (non-hydrogen) atoms. The van der Waals surface area contributed by atoms with E-state index in [-0.39, 0.29) is 5.50 Å². The lowest BCUT2D eigenvalue weighted by Gasteiger charge is -2.34. The molecule has 2 N–H and O–H groups in total. The lowest BCUT2D eigenvalue weighted by atomic mass is 10.2. The molecule has 1 unspecified atom stereocenters. The zero-order valence-electron chi connectivity index (χ0n) is 10.5. The highest BCUT2D eigenvalue weighted by Crippen LogP contribution is 2.26. The third-order valence-corrected chi connectivity index (χ3v) is 3.52. The minimum Gasteiger partial charge on any atom is -0.340 e. The SMILES string of the molecule is CN=C1NC(S)N(Cc2ccccc2)c2nc[nH]c21. The Hall–Kier alpha value is -1.95. The van der Waals surface area contributed by atoms with Crippen LogP contribution in [0.5, 0.6) is 0 Å². The molecule has 0 bridgehead atoms. The van der Waals surface area contributed by atoms with E-state index in [1.807, 2.05) is 18.2 Å². The molecular formula is C13H15N5S. The molecule has 0 saturated heterocycles. The summed E-state index contributed by atoms with van der Waals surface area (Å²) in [6.45, 7) is 0.747. The first-order valence-electron chi connectivity index (χ1n) is 6.05. The summed E-state index contributed by atoms with van der Waals surface area (Å²) in [5.41, 5.74) is 1.98. The predicted molar refractivity (Wildman–Crippen MR) is 79.6 cm³/mol. The molecule has 1 aromatic heterocycles. The number of nitrogens with zero attached hydrogens (tertiary/aromatic N) is 3. The molecule has 0 aliphatic carbocycles. The standard InChI is InChI=1S/C13H15N5S/c1-14-11-10-12(16-8-15-10)18(13(19)17-11)7-9-5-3-2-4-6-9/h2-6,8,13,19H,7H2,1H3,(H,14,17)(H,15,16). The molecule has 0 amide bonds. The fourth-order valence-corrected chi connectivity index (χ4v) is 2.50. The number of anilines is 1. The van der Waals surface area contributed by atoms with E-state index in [2.05, 4.69) is 49.9 Å². The molecule has 5 nitrogen and oxygen atoms in total. The van der Waals surface area contributed by atoms with Crippen LogP contribution in [0.4, 0.5) is 5.82 Å². The Kier molecular flexibility index (Phi) is 3.16. The summed E-state index contributed by atoms with van der Waals surface area (Å²) in [6, 6.07) is 10.3. The van der Waals surface area contributed by atoms with Crippen LogP contribution < -0.4 is 10.2 Å². The van der Waals surface area contributed by atoms with E-state index in [1.165, 1.54) is 5.56 Å². The Labute approximate surface area is 117 Å². The van der Waals surface area contributed by atoms with Crippen LogP contribution in [0.1, 0.15) is 11.3 Å². The largest absolute Gasteiger partial charge is 0.340 e. The average molecular weight is 273 g/mol. The van der Waals surface area contributed by atoms with Gasteiger partial charge in [-0.25, -0.2) is 4.98 Å². The lowest BCUT2D eigenvalue weighted by Crippen LogP contribution is -2.49. The summed E-state index contributed by atoms with van der Waals surface area (Å²) in [6.07, 6.45) is 1.68. The molecule has 0 saturated carbocycles. The molecule has 2 heterocycles. The van der Waals surface area contributed by atoms with Crippen LogP contribution in [-0.2, 0) is 6.54 Å². The Morgan fingerprint density at radius 3 is 2.89 bits per heavy atom. The second-order valence-electron chi connectivity index (χ2n) is 4.30. The van der Waals surface area contributed by atoms with E-state index in [1.54, 1.807) is 13.4 Å². The van der Waals surface area contributed by atoms with Crippen LogP contribution in [0.3, 0.4) is 0 Å². The molecule has 98 valence electrons. The van der Waals surface area contributed by atoms with Crippen LogP contribution in [0, 0.1) is 0 Å². The fourth-order valence-electron chi connectivity index (χ4n) is 2.19. The number of aromatic nitrogens is 2. The van der Waals surface area contributed by atoms with Crippen molar-refractivity contribution in [1.82, 2.24) is 15.3 Å². The third kappa shape index (κ3) is 2.19. The van der Waals surface area contributed by atoms with Crippen molar-refractivity contribution in [1.29, 1.82) is 0 Å². The van der Waals surface area contributed by atoms with E-state index in [9.17, 15) is 0 Å². The summed E-state index contributed by atoms with van der Waals surface area (Å²) >= 11 is 4.58. The van der Waals surface area contributed by atoms with Gasteiger partial charge in [-0.1, -0.05) is 30.3 Å². The van der Waals surface area contributed by atoms with Gasteiger partial charge in [0.05, 0.1) is 6.33 Å². The van der Waals surface area contributed by atoms with Crippen molar-refractivity contribution in [2.24, 2.45) is 4.99 Å². The predicted octanol–water partition coefficient (Wildman–Crippen LogP) is 1.61. The Bertz CT molecular complexity index is 592. The van der Waals surface area contributed by atoms with Crippen LogP contribution in [0.2, 0.25) is 0 Å². The van der Waals surface area contributed by atoms with Crippen LogP contribution in [0.25, 0.3) is 0 Å². The molecule has 6 heteroatoms. The first-order valence-corrected chi connectivity index (χ1v) is 6.57. The number of aromatic amines is 1. The van der Waals surface area contributed by atoms with Gasteiger partial charge in [-0.05, 0) is 5.56 Å². The fraction of sp³-hybridized carbons (Fsp3) is 0.231. The minimum atomic E-state index is -0.144. The van der Waals surface area contributed by atoms with Gasteiger partial charge >= 0.3 is 0 Å². The van der Waals surface area contributed by atoms with E-state index in [0.29, 0.717) is 0 Å². The molecule has 1 aliphatic rings. The molecule has 1 aromatic carbocycles. The first-order chi connectivity index (χ1) is 9.29. The third-order valence-electron chi connectivity index (χ3n) is 3.11. The molecule has 3 rings (SSSR count). The van der Waals surface area contributed by atoms with Crippen LogP contribution in [-0.4, -0.2) is 28.3 Å². The molecule has 0 fully saturated rings. The maximum atomic E-state index is 4.58. The smallest absolute Gasteiger partial charge is 0.160 e. The highest BCUT2D eigenvalue weighted by atomic mass is 32.1. The number of thiol groups is 1. The Balaban J connectivity index is 1.94. The van der Waals surface area contributed by atoms with E-state index in [0.717, 1.165) is 23.9 Å². The van der Waals surface area contributed by atoms with Gasteiger partial charge in [0.15, 0.2) is 11.7 Å². The Morgan fingerprint density at radius 1 is 1.37 bits per heavy atom. The summed E-state index contributed by atoms with van der Waals surface area (Å²) in [4.78, 5) is 13.8. The van der Waals surface area contributed by atoms with Crippen molar-refractivity contribution in [3.8, 4) is 0 Å². The van der Waals surface area contributed by atoms with Crippen molar-refractivity contribution >= 4 is 24.3 Å². The summed E-state index contributed by atoms with van der Waals surface area (Å²) in [5.74, 6) is 1.67. The number of aliphatic imine (C=N–C) groups is 1. The molecule has 0 radical (unpaired) electrons. The van der Waals surface area contributed by atoms with E-state index < -0.39 is 0 Å². The van der Waals surface area contributed by atoms with Crippen molar-refractivity contribution in [3.05, 3.63) is 47.9 Å². The van der Waals surface area contributed by atoms with Crippen LogP contribution in [0.15, 0.2) is 41.7 Å². The zero-order chi connectivity index (χ0) is 13.2. The number of hydrogen-bond donors (Lipinski definition) is 3. The van der Waals surface area contributed by atoms with Gasteiger partial charge < -0.3 is 15.2 Å². The van der Waals surface area contributed by atoms with Gasteiger partial charge in [0.25, 0.3) is 0 Å². The van der Waals surface area contributed by atoms with Gasteiger partial charge in [-0.15, -0.1) is 12.6 Å². The molecule has 0 spiro atoms. The van der Waals surface area contributed by atoms with Gasteiger partial charge in [0.1, 0.15) is 11.2 Å². The second kappa shape index (κ2) is 4.97. The lowest BCUT2D eigenvalue weighted by molar-refractivity contribution is 0.691. The topological polar surface area (TPSA) is 56.3 Å². The number of imidazole rings is 1. The van der Waals surface area contributed by atoms with Gasteiger partial charge in [-0.2, -0.15) is 0 Å². The summed E-state index contributed by atoms with van der Waals surface area (Å²) in [5, 5.41) is 3.25. The monoisotopic (exact) mass is 273 g/mol. The first kappa shape index (κ1) is 12.1. The second-order valence-corrected chi connectivity index (χ2v) is 4.79. The Morgan fingerprint density at radius 2 is 2.16 bits per heavy atom. The normalized spacial score (nSPS) is 20.2. The molecule has 1 atom stereocenters. The average Bonchev–Trinajstić information content (AvgIpc) is 2.92. The molecular weight excluding hydrogens is 258 g/mol. The minimum absolute atomic E-state index is 0.144. The van der Waals surface area contributed by atoms with Crippen molar-refractivity contribution in [2.75, 3.05) is 11.9 Å². The molecule has 2 aromatic rings. The number of benzene rings is 1. The van der Waals surface area contributed by atoms with E-state index in [4.69, 9.17) is 0 Å². The quantitative estimate of drug-likeness (QED) is 0.729. The number of fused-ring (bicyclic) bond motifs is 1. The van der Waals surface area contributed by atoms with Crippen molar-refractivity contribution < 1.29 is 0 Å². The maximum absolute atomic E-state index is 4.58. The van der Waals surface area contributed by atoms with Crippen molar-refractivity contribution in [2.45, 2.75) is 12.0 Å². The maximum Gasteiger partial charge on any atom is 0.160 e. The summed E-state index contributed by atoms with van der Waals surface area (Å²) in [7, 11) is 1.75. The number of amidine groups is 1. The van der Waals surface area contributed by atoms with Crippen molar-refractivity contribution in [3.63, 3.8) is 0 Å². The number of rotatable bonds is 2. The van der Waals surface area contributed by atoms with Crippen LogP contribution >= 0.6 is 12.6 Å². The van der Waals surface area contributed by atoms with E-state index >= 15 is 0 Å². The number of H-pyrrole nitrogens is 1. The van der Waals surface area contributed by atoms with Gasteiger partial charge in [0, 0.05) is 13.6 Å². The molecule has 1 aliphatic heterocycles. The summed E-state index contributed by atoms with van der Waals surface area (Å²) < 4.78 is 0. The zero-order valence-corrected chi connectivity index (χ0v) is 11.4. The number of nitrogens with one attached hydrogen (secondary N) is 2. The van der Waals surface area contributed by atoms with Gasteiger partial charge in [-0.3, -0.25) is 4.99 Å². The highest BCUT2D eigenvalue weighted by molar-refractivity contribution is 7.81.